The summed E-state index contributed by atoms with van der Waals surface area (Å²) in [4.78, 5) is 28.4. The van der Waals surface area contributed by atoms with E-state index < -0.39 is 5.91 Å². The molecule has 2 N–H and O–H groups in total. The number of benzene rings is 1. The van der Waals surface area contributed by atoms with Crippen molar-refractivity contribution in [2.45, 2.75) is 39.2 Å². The molecule has 0 spiro atoms. The van der Waals surface area contributed by atoms with Gasteiger partial charge < -0.3 is 10.6 Å². The normalized spacial score (nSPS) is 22.8. The molecule has 2 fully saturated rings. The van der Waals surface area contributed by atoms with Crippen LogP contribution in [0.2, 0.25) is 0 Å². The van der Waals surface area contributed by atoms with Gasteiger partial charge in [-0.3, -0.25) is 14.5 Å². The second-order valence-corrected chi connectivity index (χ2v) is 7.64. The molecular formula is C20H29N3O2. The lowest BCUT2D eigenvalue weighted by atomic mass is 9.93. The lowest BCUT2D eigenvalue weighted by Crippen LogP contribution is -2.46. The van der Waals surface area contributed by atoms with E-state index >= 15 is 0 Å². The summed E-state index contributed by atoms with van der Waals surface area (Å²) in [5, 5.41) is 0. The summed E-state index contributed by atoms with van der Waals surface area (Å²) >= 11 is 0. The summed E-state index contributed by atoms with van der Waals surface area (Å²) < 4.78 is 0. The van der Waals surface area contributed by atoms with Crippen molar-refractivity contribution in [3.8, 4) is 0 Å². The van der Waals surface area contributed by atoms with Crippen molar-refractivity contribution in [2.75, 3.05) is 26.2 Å². The molecule has 0 aromatic heterocycles. The van der Waals surface area contributed by atoms with Crippen LogP contribution in [-0.4, -0.2) is 47.8 Å². The van der Waals surface area contributed by atoms with Gasteiger partial charge in [0.05, 0.1) is 5.92 Å². The van der Waals surface area contributed by atoms with Crippen LogP contribution >= 0.6 is 0 Å². The van der Waals surface area contributed by atoms with Crippen LogP contribution in [0.3, 0.4) is 0 Å². The number of hydrogen-bond donors (Lipinski definition) is 1. The minimum Gasteiger partial charge on any atom is -0.366 e. The molecule has 0 radical (unpaired) electrons. The third-order valence-corrected chi connectivity index (χ3v) is 5.59. The first-order chi connectivity index (χ1) is 12.0. The topological polar surface area (TPSA) is 66.6 Å². The Hall–Kier alpha value is -1.88. The van der Waals surface area contributed by atoms with E-state index in [9.17, 15) is 9.59 Å². The number of carbonyl (C=O) groups is 2. The zero-order valence-corrected chi connectivity index (χ0v) is 15.1. The molecule has 0 aliphatic carbocycles. The number of nitrogens with two attached hydrogens (primary N) is 1. The van der Waals surface area contributed by atoms with Crippen molar-refractivity contribution < 1.29 is 9.59 Å². The number of likely N-dealkylation sites (tertiary alicyclic amines) is 2. The van der Waals surface area contributed by atoms with Gasteiger partial charge in [0.25, 0.3) is 0 Å². The highest BCUT2D eigenvalue weighted by Crippen LogP contribution is 2.24. The van der Waals surface area contributed by atoms with Gasteiger partial charge in [0.15, 0.2) is 0 Å². The number of hydrogen-bond acceptors (Lipinski definition) is 3. The highest BCUT2D eigenvalue weighted by atomic mass is 16.2. The summed E-state index contributed by atoms with van der Waals surface area (Å²) in [6, 6.07) is 7.47. The molecule has 136 valence electrons. The number of nitrogens with zero attached hydrogens (tertiary/aromatic N) is 2. The highest BCUT2D eigenvalue weighted by molar-refractivity contribution is 5.92. The lowest BCUT2D eigenvalue weighted by molar-refractivity contribution is -0.138. The summed E-state index contributed by atoms with van der Waals surface area (Å²) in [5.41, 5.74) is 6.98. The van der Waals surface area contributed by atoms with Gasteiger partial charge in [0.1, 0.15) is 0 Å². The Labute approximate surface area is 150 Å². The summed E-state index contributed by atoms with van der Waals surface area (Å²) in [5.74, 6) is 0.828. The monoisotopic (exact) mass is 343 g/mol. The van der Waals surface area contributed by atoms with Gasteiger partial charge in [-0.15, -0.1) is 0 Å². The molecule has 0 bridgehead atoms. The van der Waals surface area contributed by atoms with Crippen LogP contribution in [0.1, 0.15) is 48.5 Å². The standard InChI is InChI=1S/C20H29N3O2/c1-15-8-11-23(12-9-15)20(25)18-3-2-10-22(14-18)13-16-4-6-17(7-5-16)19(21)24/h4-7,15,18H,2-3,8-14H2,1H3,(H2,21,24)/t18-/m0/s1. The SMILES string of the molecule is CC1CCN(C(=O)[C@H]2CCCN(Cc3ccc(C(N)=O)cc3)C2)CC1. The predicted molar refractivity (Wildman–Crippen MR) is 97.9 cm³/mol. The number of amides is 2. The van der Waals surface area contributed by atoms with Crippen LogP contribution in [0.15, 0.2) is 24.3 Å². The van der Waals surface area contributed by atoms with Gasteiger partial charge in [-0.2, -0.15) is 0 Å². The van der Waals surface area contributed by atoms with Gasteiger partial charge in [-0.25, -0.2) is 0 Å². The third-order valence-electron chi connectivity index (χ3n) is 5.59. The lowest BCUT2D eigenvalue weighted by Gasteiger charge is -2.37. The fourth-order valence-corrected chi connectivity index (χ4v) is 3.92. The third kappa shape index (κ3) is 4.60. The smallest absolute Gasteiger partial charge is 0.248 e. The van der Waals surface area contributed by atoms with E-state index in [-0.39, 0.29) is 5.92 Å². The van der Waals surface area contributed by atoms with Crippen molar-refractivity contribution >= 4 is 11.8 Å². The molecule has 5 heteroatoms. The Bertz CT molecular complexity index is 606. The van der Waals surface area contributed by atoms with Gasteiger partial charge in [-0.05, 0) is 55.8 Å². The molecule has 2 amide bonds. The Morgan fingerprint density at radius 1 is 1.08 bits per heavy atom. The first-order valence-electron chi connectivity index (χ1n) is 9.43. The number of rotatable bonds is 4. The Morgan fingerprint density at radius 2 is 1.76 bits per heavy atom. The molecule has 1 aromatic carbocycles. The zero-order valence-electron chi connectivity index (χ0n) is 15.1. The number of primary amides is 1. The maximum Gasteiger partial charge on any atom is 0.248 e. The van der Waals surface area contributed by atoms with Crippen LogP contribution in [0.5, 0.6) is 0 Å². The molecule has 2 heterocycles. The first kappa shape index (κ1) is 17.9. The van der Waals surface area contributed by atoms with Crippen molar-refractivity contribution in [1.82, 2.24) is 9.80 Å². The Morgan fingerprint density at radius 3 is 2.40 bits per heavy atom. The maximum absolute atomic E-state index is 12.8. The molecule has 2 aliphatic heterocycles. The van der Waals surface area contributed by atoms with Crippen molar-refractivity contribution in [1.29, 1.82) is 0 Å². The fourth-order valence-electron chi connectivity index (χ4n) is 3.92. The van der Waals surface area contributed by atoms with Gasteiger partial charge in [-0.1, -0.05) is 19.1 Å². The van der Waals surface area contributed by atoms with E-state index in [0.717, 1.165) is 69.9 Å². The highest BCUT2D eigenvalue weighted by Gasteiger charge is 2.30. The minimum atomic E-state index is -0.397. The fraction of sp³-hybridized carbons (Fsp3) is 0.600. The molecular weight excluding hydrogens is 314 g/mol. The van der Waals surface area contributed by atoms with Gasteiger partial charge in [0, 0.05) is 31.7 Å². The van der Waals surface area contributed by atoms with Crippen molar-refractivity contribution in [3.63, 3.8) is 0 Å². The van der Waals surface area contributed by atoms with E-state index in [4.69, 9.17) is 5.73 Å². The van der Waals surface area contributed by atoms with E-state index in [0.29, 0.717) is 11.5 Å². The average Bonchev–Trinajstić information content (AvgIpc) is 2.62. The minimum absolute atomic E-state index is 0.132. The van der Waals surface area contributed by atoms with Gasteiger partial charge in [0.2, 0.25) is 11.8 Å². The van der Waals surface area contributed by atoms with Crippen LogP contribution in [0.4, 0.5) is 0 Å². The van der Waals surface area contributed by atoms with Crippen molar-refractivity contribution in [2.24, 2.45) is 17.6 Å². The maximum atomic E-state index is 12.8. The summed E-state index contributed by atoms with van der Waals surface area (Å²) in [6.45, 7) is 6.80. The molecule has 1 aromatic rings. The van der Waals surface area contributed by atoms with E-state index in [2.05, 4.69) is 16.7 Å². The van der Waals surface area contributed by atoms with E-state index in [1.165, 1.54) is 0 Å². The molecule has 0 unspecified atom stereocenters. The Balaban J connectivity index is 1.55. The molecule has 2 aliphatic rings. The summed E-state index contributed by atoms with van der Waals surface area (Å²) in [6.07, 6.45) is 4.34. The molecule has 0 saturated carbocycles. The van der Waals surface area contributed by atoms with E-state index in [1.807, 2.05) is 12.1 Å². The second kappa shape index (κ2) is 8.00. The van der Waals surface area contributed by atoms with E-state index in [1.54, 1.807) is 12.1 Å². The molecule has 25 heavy (non-hydrogen) atoms. The number of carbonyl (C=O) groups excluding carboxylic acids is 2. The average molecular weight is 343 g/mol. The van der Waals surface area contributed by atoms with Gasteiger partial charge >= 0.3 is 0 Å². The largest absolute Gasteiger partial charge is 0.366 e. The van der Waals surface area contributed by atoms with Crippen LogP contribution in [-0.2, 0) is 11.3 Å². The second-order valence-electron chi connectivity index (χ2n) is 7.64. The van der Waals surface area contributed by atoms with Crippen LogP contribution in [0, 0.1) is 11.8 Å². The van der Waals surface area contributed by atoms with Crippen LogP contribution < -0.4 is 5.73 Å². The Kier molecular flexibility index (Phi) is 5.74. The van der Waals surface area contributed by atoms with Crippen molar-refractivity contribution in [3.05, 3.63) is 35.4 Å². The predicted octanol–water partition coefficient (Wildman–Crippen LogP) is 2.26. The number of piperidine rings is 2. The first-order valence-corrected chi connectivity index (χ1v) is 9.43. The molecule has 3 rings (SSSR count). The molecule has 5 nitrogen and oxygen atoms in total. The zero-order chi connectivity index (χ0) is 17.8. The molecule has 2 saturated heterocycles. The molecule has 1 atom stereocenters. The summed E-state index contributed by atoms with van der Waals surface area (Å²) in [7, 11) is 0. The van der Waals surface area contributed by atoms with Crippen LogP contribution in [0.25, 0.3) is 0 Å². The quantitative estimate of drug-likeness (QED) is 0.912.